The molecule has 170 valence electrons. The molecule has 7 nitrogen and oxygen atoms in total. The van der Waals surface area contributed by atoms with Crippen LogP contribution in [0, 0.1) is 5.92 Å². The summed E-state index contributed by atoms with van der Waals surface area (Å²) in [6.07, 6.45) is 5.33. The first-order chi connectivity index (χ1) is 15.0. The lowest BCUT2D eigenvalue weighted by Crippen LogP contribution is -2.28. The summed E-state index contributed by atoms with van der Waals surface area (Å²) in [6, 6.07) is 7.50. The molecule has 7 heteroatoms. The van der Waals surface area contributed by atoms with E-state index in [9.17, 15) is 19.2 Å². The van der Waals surface area contributed by atoms with Crippen molar-refractivity contribution in [1.29, 1.82) is 0 Å². The van der Waals surface area contributed by atoms with Gasteiger partial charge in [0.15, 0.2) is 0 Å². The minimum atomic E-state index is -0.430. The Bertz CT molecular complexity index is 745. The van der Waals surface area contributed by atoms with Crippen LogP contribution in [0.25, 0.3) is 0 Å². The van der Waals surface area contributed by atoms with Crippen LogP contribution >= 0.6 is 0 Å². The van der Waals surface area contributed by atoms with Gasteiger partial charge in [0.25, 0.3) is 0 Å². The Hall–Kier alpha value is -2.54. The van der Waals surface area contributed by atoms with Crippen molar-refractivity contribution in [2.45, 2.75) is 64.8 Å². The molecule has 0 radical (unpaired) electrons. The fourth-order valence-electron chi connectivity index (χ4n) is 3.56. The lowest BCUT2D eigenvalue weighted by Gasteiger charge is -2.19. The molecular weight excluding hydrogens is 396 g/mol. The zero-order valence-corrected chi connectivity index (χ0v) is 18.4. The number of nitrogens with one attached hydrogen (secondary N) is 2. The molecule has 0 heterocycles. The maximum Gasteiger partial charge on any atom is 0.246 e. The number of carbonyl (C=O) groups excluding carboxylic acids is 4. The second-order valence-electron chi connectivity index (χ2n) is 8.01. The zero-order chi connectivity index (χ0) is 22.5. The van der Waals surface area contributed by atoms with Gasteiger partial charge in [0.05, 0.1) is 5.92 Å². The molecule has 0 saturated heterocycles. The first kappa shape index (κ1) is 24.7. The highest BCUT2D eigenvalue weighted by Crippen LogP contribution is 2.22. The number of carbonyl (C=O) groups is 4. The van der Waals surface area contributed by atoms with Gasteiger partial charge in [0.1, 0.15) is 18.2 Å². The van der Waals surface area contributed by atoms with Gasteiger partial charge in [-0.2, -0.15) is 0 Å². The van der Waals surface area contributed by atoms with Gasteiger partial charge in [-0.3, -0.25) is 19.2 Å². The summed E-state index contributed by atoms with van der Waals surface area (Å²) in [6.45, 7) is 3.27. The van der Waals surface area contributed by atoms with E-state index in [1.807, 2.05) is 31.2 Å². The molecule has 0 aliphatic heterocycles. The van der Waals surface area contributed by atoms with E-state index < -0.39 is 5.92 Å². The summed E-state index contributed by atoms with van der Waals surface area (Å²) in [7, 11) is 0. The van der Waals surface area contributed by atoms with Crippen LogP contribution in [0.1, 0.15) is 63.0 Å². The largest absolute Gasteiger partial charge is 0.372 e. The van der Waals surface area contributed by atoms with E-state index in [0.29, 0.717) is 45.4 Å². The summed E-state index contributed by atoms with van der Waals surface area (Å²) in [5.74, 6) is -0.504. The third-order valence-electron chi connectivity index (χ3n) is 5.33. The second kappa shape index (κ2) is 13.7. The molecule has 2 amide bonds. The highest BCUT2D eigenvalue weighted by atomic mass is 16.5. The molecule has 2 rings (SSSR count). The van der Waals surface area contributed by atoms with E-state index in [1.165, 1.54) is 0 Å². The molecule has 0 aromatic heterocycles. The zero-order valence-electron chi connectivity index (χ0n) is 18.4. The quantitative estimate of drug-likeness (QED) is 0.370. The number of Topliss-reactive ketones (excluding diaryl/α,β-unsaturated/α-hetero) is 2. The smallest absolute Gasteiger partial charge is 0.246 e. The third-order valence-corrected chi connectivity index (χ3v) is 5.33. The summed E-state index contributed by atoms with van der Waals surface area (Å²) in [5, 5.41) is 5.60. The Kier molecular flexibility index (Phi) is 10.9. The summed E-state index contributed by atoms with van der Waals surface area (Å²) < 4.78 is 5.33. The maximum atomic E-state index is 12.4. The normalized spacial score (nSPS) is 16.0. The number of ketones is 2. The van der Waals surface area contributed by atoms with Crippen molar-refractivity contribution in [2.75, 3.05) is 19.8 Å². The molecule has 1 aromatic carbocycles. The minimum absolute atomic E-state index is 0.00725. The molecule has 2 N–H and O–H groups in total. The van der Waals surface area contributed by atoms with Gasteiger partial charge in [0, 0.05) is 39.0 Å². The average Bonchev–Trinajstić information content (AvgIpc) is 2.76. The van der Waals surface area contributed by atoms with Crippen molar-refractivity contribution < 1.29 is 23.9 Å². The van der Waals surface area contributed by atoms with Crippen molar-refractivity contribution in [3.8, 4) is 0 Å². The maximum absolute atomic E-state index is 12.4. The molecule has 1 atom stereocenters. The van der Waals surface area contributed by atoms with E-state index >= 15 is 0 Å². The summed E-state index contributed by atoms with van der Waals surface area (Å²) in [4.78, 5) is 47.5. The lowest BCUT2D eigenvalue weighted by atomic mass is 9.83. The fourth-order valence-corrected chi connectivity index (χ4v) is 3.56. The van der Waals surface area contributed by atoms with Gasteiger partial charge in [0.2, 0.25) is 11.8 Å². The number of benzene rings is 1. The van der Waals surface area contributed by atoms with Crippen LogP contribution in [0.3, 0.4) is 0 Å². The van der Waals surface area contributed by atoms with Gasteiger partial charge in [-0.1, -0.05) is 37.6 Å². The Morgan fingerprint density at radius 3 is 2.48 bits per heavy atom. The molecule has 1 fully saturated rings. The predicted octanol–water partition coefficient (Wildman–Crippen LogP) is 2.50. The average molecular weight is 431 g/mol. The number of ether oxygens (including phenoxy) is 1. The standard InChI is InChI=1S/C24H34N2O5/c1-2-6-23(29)25-13-5-14-31-17-24(30)26-16-19-11-9-18(10-12-19)15-22(28)20-7-3-4-8-21(20)27/h9-12,20H,2-8,13-17H2,1H3,(H,25,29)(H,26,30). The SMILES string of the molecule is CCCC(=O)NCCCOCC(=O)NCc1ccc(CC(=O)C2CCCCC2=O)cc1. The van der Waals surface area contributed by atoms with Gasteiger partial charge in [-0.15, -0.1) is 0 Å². The molecule has 31 heavy (non-hydrogen) atoms. The van der Waals surface area contributed by atoms with Gasteiger partial charge in [-0.25, -0.2) is 0 Å². The molecule has 1 saturated carbocycles. The van der Waals surface area contributed by atoms with Crippen molar-refractivity contribution in [1.82, 2.24) is 10.6 Å². The predicted molar refractivity (Wildman–Crippen MR) is 117 cm³/mol. The highest BCUT2D eigenvalue weighted by Gasteiger charge is 2.28. The fraction of sp³-hybridized carbons (Fsp3) is 0.583. The molecule has 0 bridgehead atoms. The van der Waals surface area contributed by atoms with E-state index in [-0.39, 0.29) is 36.4 Å². The number of hydrogen-bond donors (Lipinski definition) is 2. The highest BCUT2D eigenvalue weighted by molar-refractivity contribution is 6.03. The van der Waals surface area contributed by atoms with Gasteiger partial charge >= 0.3 is 0 Å². The Morgan fingerprint density at radius 2 is 1.77 bits per heavy atom. The van der Waals surface area contributed by atoms with E-state index in [1.54, 1.807) is 0 Å². The third kappa shape index (κ3) is 9.42. The van der Waals surface area contributed by atoms with Crippen LogP contribution < -0.4 is 10.6 Å². The number of amides is 2. The first-order valence-corrected chi connectivity index (χ1v) is 11.2. The van der Waals surface area contributed by atoms with E-state index in [4.69, 9.17) is 4.74 Å². The number of rotatable bonds is 13. The molecule has 1 unspecified atom stereocenters. The van der Waals surface area contributed by atoms with E-state index in [0.717, 1.165) is 30.4 Å². The van der Waals surface area contributed by atoms with Crippen molar-refractivity contribution in [2.24, 2.45) is 5.92 Å². The molecule has 1 aromatic rings. The van der Waals surface area contributed by atoms with Crippen molar-refractivity contribution >= 4 is 23.4 Å². The van der Waals surface area contributed by atoms with Crippen LogP contribution in [0.2, 0.25) is 0 Å². The lowest BCUT2D eigenvalue weighted by molar-refractivity contribution is -0.134. The van der Waals surface area contributed by atoms with E-state index in [2.05, 4.69) is 10.6 Å². The monoisotopic (exact) mass is 430 g/mol. The molecule has 0 spiro atoms. The summed E-state index contributed by atoms with van der Waals surface area (Å²) >= 11 is 0. The van der Waals surface area contributed by atoms with Crippen LogP contribution in [-0.2, 0) is 36.9 Å². The van der Waals surface area contributed by atoms with Crippen LogP contribution in [-0.4, -0.2) is 43.1 Å². The first-order valence-electron chi connectivity index (χ1n) is 11.2. The minimum Gasteiger partial charge on any atom is -0.372 e. The van der Waals surface area contributed by atoms with Gasteiger partial charge in [-0.05, 0) is 36.8 Å². The Labute approximate surface area is 184 Å². The van der Waals surface area contributed by atoms with Crippen molar-refractivity contribution in [3.05, 3.63) is 35.4 Å². The Morgan fingerprint density at radius 1 is 1.03 bits per heavy atom. The molecule has 1 aliphatic rings. The molecular formula is C24H34N2O5. The van der Waals surface area contributed by atoms with Crippen molar-refractivity contribution in [3.63, 3.8) is 0 Å². The topological polar surface area (TPSA) is 102 Å². The van der Waals surface area contributed by atoms with Crippen LogP contribution in [0.5, 0.6) is 0 Å². The van der Waals surface area contributed by atoms with Crippen LogP contribution in [0.4, 0.5) is 0 Å². The number of hydrogen-bond acceptors (Lipinski definition) is 5. The van der Waals surface area contributed by atoms with Gasteiger partial charge < -0.3 is 15.4 Å². The Balaban J connectivity index is 1.61. The second-order valence-corrected chi connectivity index (χ2v) is 8.01. The summed E-state index contributed by atoms with van der Waals surface area (Å²) in [5.41, 5.74) is 1.81. The molecule has 1 aliphatic carbocycles. The van der Waals surface area contributed by atoms with Crippen LogP contribution in [0.15, 0.2) is 24.3 Å².